The topological polar surface area (TPSA) is 41.9 Å². The second-order valence-corrected chi connectivity index (χ2v) is 8.45. The van der Waals surface area contributed by atoms with Crippen molar-refractivity contribution in [1.82, 2.24) is 4.90 Å². The van der Waals surface area contributed by atoms with Crippen LogP contribution in [0.25, 0.3) is 0 Å². The molecule has 1 N–H and O–H groups in total. The third-order valence-electron chi connectivity index (χ3n) is 6.49. The Morgan fingerprint density at radius 2 is 1.64 bits per heavy atom. The summed E-state index contributed by atoms with van der Waals surface area (Å²) in [4.78, 5) is 2.46. The van der Waals surface area contributed by atoms with Crippen LogP contribution in [0.3, 0.4) is 0 Å². The lowest BCUT2D eigenvalue weighted by molar-refractivity contribution is 0.158. The molecule has 4 atom stereocenters. The molecule has 4 nitrogen and oxygen atoms in total. The third-order valence-corrected chi connectivity index (χ3v) is 6.49. The van der Waals surface area contributed by atoms with Crippen LogP contribution in [-0.2, 0) is 13.2 Å². The van der Waals surface area contributed by atoms with Gasteiger partial charge in [-0.2, -0.15) is 0 Å². The Kier molecular flexibility index (Phi) is 5.88. The Balaban J connectivity index is 1.36. The van der Waals surface area contributed by atoms with Crippen molar-refractivity contribution in [3.05, 3.63) is 59.7 Å². The lowest BCUT2D eigenvalue weighted by atomic mass is 10.0. The van der Waals surface area contributed by atoms with Crippen molar-refractivity contribution in [1.29, 1.82) is 0 Å². The van der Waals surface area contributed by atoms with Gasteiger partial charge < -0.3 is 14.6 Å². The molecule has 0 aliphatic heterocycles. The van der Waals surface area contributed by atoms with Crippen LogP contribution in [0, 0.1) is 11.8 Å². The van der Waals surface area contributed by atoms with Crippen LogP contribution in [0.2, 0.25) is 0 Å². The van der Waals surface area contributed by atoms with Gasteiger partial charge in [-0.3, -0.25) is 4.90 Å². The Labute approximate surface area is 168 Å². The van der Waals surface area contributed by atoms with E-state index in [1.807, 2.05) is 24.3 Å². The molecule has 2 saturated carbocycles. The van der Waals surface area contributed by atoms with Gasteiger partial charge in [0.1, 0.15) is 6.61 Å². The van der Waals surface area contributed by atoms with Crippen LogP contribution in [0.4, 0.5) is 0 Å². The van der Waals surface area contributed by atoms with E-state index in [9.17, 15) is 5.11 Å². The second kappa shape index (κ2) is 8.54. The van der Waals surface area contributed by atoms with E-state index in [2.05, 4.69) is 36.2 Å². The average molecular weight is 382 g/mol. The van der Waals surface area contributed by atoms with Crippen molar-refractivity contribution >= 4 is 0 Å². The van der Waals surface area contributed by atoms with Gasteiger partial charge in [-0.05, 0) is 67.8 Å². The number of methoxy groups -OCH3 is 1. The normalized spacial score (nSPS) is 26.4. The van der Waals surface area contributed by atoms with E-state index in [4.69, 9.17) is 9.47 Å². The summed E-state index contributed by atoms with van der Waals surface area (Å²) in [6, 6.07) is 17.0. The predicted molar refractivity (Wildman–Crippen MR) is 110 cm³/mol. The molecule has 0 saturated heterocycles. The van der Waals surface area contributed by atoms with E-state index in [0.29, 0.717) is 24.5 Å². The van der Waals surface area contributed by atoms with Crippen LogP contribution in [0.15, 0.2) is 48.5 Å². The van der Waals surface area contributed by atoms with Gasteiger partial charge in [0.25, 0.3) is 0 Å². The molecule has 2 unspecified atom stereocenters. The van der Waals surface area contributed by atoms with Crippen LogP contribution in [0.5, 0.6) is 11.5 Å². The van der Waals surface area contributed by atoms with Gasteiger partial charge >= 0.3 is 0 Å². The number of nitrogens with zero attached hydrogens (tertiary/aromatic N) is 1. The van der Waals surface area contributed by atoms with Gasteiger partial charge in [0.15, 0.2) is 11.5 Å². The van der Waals surface area contributed by atoms with Crippen molar-refractivity contribution < 1.29 is 14.6 Å². The minimum absolute atomic E-state index is 0.0612. The molecule has 2 aliphatic carbocycles. The minimum atomic E-state index is -0.0612. The first-order valence-corrected chi connectivity index (χ1v) is 10.3. The van der Waals surface area contributed by atoms with E-state index < -0.39 is 0 Å². The first-order valence-electron chi connectivity index (χ1n) is 10.3. The maximum absolute atomic E-state index is 9.86. The van der Waals surface area contributed by atoms with Gasteiger partial charge in [0.2, 0.25) is 0 Å². The van der Waals surface area contributed by atoms with Gasteiger partial charge in [0.05, 0.1) is 13.2 Å². The number of hydrogen-bond donors (Lipinski definition) is 1. The van der Waals surface area contributed by atoms with E-state index in [1.165, 1.54) is 18.4 Å². The zero-order valence-corrected chi connectivity index (χ0v) is 16.9. The Morgan fingerprint density at radius 1 is 0.929 bits per heavy atom. The molecule has 0 heterocycles. The number of fused-ring (bicyclic) bond motifs is 1. The number of aliphatic hydroxyl groups excluding tert-OH is 1. The quantitative estimate of drug-likeness (QED) is 0.778. The largest absolute Gasteiger partial charge is 0.493 e. The fraction of sp³-hybridized carbons (Fsp3) is 0.500. The molecule has 0 radical (unpaired) electrons. The highest BCUT2D eigenvalue weighted by Crippen LogP contribution is 2.45. The first kappa shape index (κ1) is 19.3. The fourth-order valence-corrected chi connectivity index (χ4v) is 4.99. The summed E-state index contributed by atoms with van der Waals surface area (Å²) in [5.41, 5.74) is 2.38. The fourth-order valence-electron chi connectivity index (χ4n) is 4.99. The van der Waals surface area contributed by atoms with Crippen molar-refractivity contribution in [2.75, 3.05) is 14.2 Å². The summed E-state index contributed by atoms with van der Waals surface area (Å²) >= 11 is 0. The van der Waals surface area contributed by atoms with Gasteiger partial charge in [-0.25, -0.2) is 0 Å². The number of benzene rings is 2. The zero-order chi connectivity index (χ0) is 19.5. The maximum atomic E-state index is 9.86. The number of hydrogen-bond acceptors (Lipinski definition) is 4. The van der Waals surface area contributed by atoms with Crippen LogP contribution in [0.1, 0.15) is 36.8 Å². The highest BCUT2D eigenvalue weighted by molar-refractivity contribution is 5.43. The lowest BCUT2D eigenvalue weighted by Gasteiger charge is -2.25. The summed E-state index contributed by atoms with van der Waals surface area (Å²) < 4.78 is 11.6. The molecule has 0 bridgehead atoms. The average Bonchev–Trinajstić information content (AvgIpc) is 3.25. The Bertz CT molecular complexity index is 765. The molecule has 2 aliphatic rings. The molecular formula is C24H31NO3. The monoisotopic (exact) mass is 381 g/mol. The minimum Gasteiger partial charge on any atom is -0.493 e. The predicted octanol–water partition coefficient (Wildman–Crippen LogP) is 4.26. The van der Waals surface area contributed by atoms with E-state index in [0.717, 1.165) is 36.4 Å². The molecule has 4 rings (SSSR count). The van der Waals surface area contributed by atoms with Crippen molar-refractivity contribution in [2.45, 2.75) is 51.0 Å². The molecule has 2 aromatic rings. The highest BCUT2D eigenvalue weighted by Gasteiger charge is 2.42. The SMILES string of the molecule is COc1cc(CN(C)C2C[C@H]3CC(O)C[C@H]3C2)ccc1OCc1ccccc1. The van der Waals surface area contributed by atoms with Crippen molar-refractivity contribution in [2.24, 2.45) is 11.8 Å². The molecule has 4 heteroatoms. The van der Waals surface area contributed by atoms with Gasteiger partial charge in [-0.15, -0.1) is 0 Å². The summed E-state index contributed by atoms with van der Waals surface area (Å²) in [6.45, 7) is 1.44. The number of ether oxygens (including phenoxy) is 2. The maximum Gasteiger partial charge on any atom is 0.161 e. The molecule has 150 valence electrons. The second-order valence-electron chi connectivity index (χ2n) is 8.45. The van der Waals surface area contributed by atoms with E-state index in [1.54, 1.807) is 7.11 Å². The van der Waals surface area contributed by atoms with Gasteiger partial charge in [0, 0.05) is 12.6 Å². The lowest BCUT2D eigenvalue weighted by Crippen LogP contribution is -2.29. The van der Waals surface area contributed by atoms with Gasteiger partial charge in [-0.1, -0.05) is 36.4 Å². The molecule has 28 heavy (non-hydrogen) atoms. The molecule has 2 aromatic carbocycles. The summed E-state index contributed by atoms with van der Waals surface area (Å²) in [6.07, 6.45) is 4.36. The summed E-state index contributed by atoms with van der Waals surface area (Å²) in [5, 5.41) is 9.86. The summed E-state index contributed by atoms with van der Waals surface area (Å²) in [7, 11) is 3.91. The van der Waals surface area contributed by atoms with Crippen LogP contribution >= 0.6 is 0 Å². The van der Waals surface area contributed by atoms with Crippen molar-refractivity contribution in [3.63, 3.8) is 0 Å². The Morgan fingerprint density at radius 3 is 2.32 bits per heavy atom. The Hall–Kier alpha value is -2.04. The molecule has 0 amide bonds. The number of rotatable bonds is 7. The highest BCUT2D eigenvalue weighted by atomic mass is 16.5. The van der Waals surface area contributed by atoms with Crippen molar-refractivity contribution in [3.8, 4) is 11.5 Å². The third kappa shape index (κ3) is 4.34. The molecule has 0 aromatic heterocycles. The molecule has 2 fully saturated rings. The zero-order valence-electron chi connectivity index (χ0n) is 16.9. The van der Waals surface area contributed by atoms with E-state index >= 15 is 0 Å². The standard InChI is InChI=1S/C24H31NO3/c1-25(21-11-19-13-22(26)14-20(19)12-21)15-18-8-9-23(24(10-18)27-2)28-16-17-6-4-3-5-7-17/h3-10,19-22,26H,11-16H2,1-2H3/t19-,20+,21?,22?. The first-order chi connectivity index (χ1) is 13.6. The molecular weight excluding hydrogens is 350 g/mol. The van der Waals surface area contributed by atoms with Crippen LogP contribution < -0.4 is 9.47 Å². The summed E-state index contributed by atoms with van der Waals surface area (Å²) in [5.74, 6) is 2.99. The smallest absolute Gasteiger partial charge is 0.161 e. The molecule has 0 spiro atoms. The van der Waals surface area contributed by atoms with Crippen LogP contribution in [-0.4, -0.2) is 36.3 Å². The van der Waals surface area contributed by atoms with E-state index in [-0.39, 0.29) is 6.10 Å². The number of aliphatic hydroxyl groups is 1.